The molecule has 2 aromatic heterocycles. The fourth-order valence-corrected chi connectivity index (χ4v) is 4.24. The first kappa shape index (κ1) is 15.4. The average Bonchev–Trinajstić information content (AvgIpc) is 2.74. The standard InChI is InChI=1S/C16H16N4O2S/c1-9-13(20(21)22)7-14(23-9)15-10-5-3-2-4-6-12(10)19-16(18)11(15)8-17/h7H,2-6H2,1H3,(H2,18,19)/p+1. The van der Waals surface area contributed by atoms with E-state index in [1.165, 1.54) is 11.3 Å². The predicted octanol–water partition coefficient (Wildman–Crippen LogP) is 3.17. The SMILES string of the molecule is Cc1sc(-c2c(C#N)c(N)[nH+]c3c2CCCCC3)cc1[N+](=O)[O-]. The lowest BCUT2D eigenvalue weighted by atomic mass is 9.96. The number of nitrogen functional groups attached to an aromatic ring is 1. The van der Waals surface area contributed by atoms with Gasteiger partial charge in [0.05, 0.1) is 9.80 Å². The van der Waals surface area contributed by atoms with Gasteiger partial charge in [0.25, 0.3) is 11.5 Å². The molecule has 0 saturated heterocycles. The van der Waals surface area contributed by atoms with E-state index in [2.05, 4.69) is 11.1 Å². The highest BCUT2D eigenvalue weighted by Gasteiger charge is 2.27. The van der Waals surface area contributed by atoms with Crippen molar-refractivity contribution in [2.75, 3.05) is 5.73 Å². The van der Waals surface area contributed by atoms with Gasteiger partial charge in [-0.15, -0.1) is 11.3 Å². The first-order valence-electron chi connectivity index (χ1n) is 7.54. The first-order chi connectivity index (χ1) is 11.0. The number of rotatable bonds is 2. The number of nitrogens with one attached hydrogen (secondary N) is 1. The molecule has 1 aliphatic rings. The second-order valence-electron chi connectivity index (χ2n) is 5.73. The van der Waals surface area contributed by atoms with E-state index in [0.29, 0.717) is 16.3 Å². The Bertz CT molecular complexity index is 836. The molecule has 0 unspecified atom stereocenters. The Balaban J connectivity index is 2.29. The van der Waals surface area contributed by atoms with Crippen LogP contribution < -0.4 is 10.7 Å². The van der Waals surface area contributed by atoms with E-state index in [1.54, 1.807) is 13.0 Å². The fraction of sp³-hybridized carbons (Fsp3) is 0.375. The van der Waals surface area contributed by atoms with Crippen LogP contribution in [0, 0.1) is 28.4 Å². The Morgan fingerprint density at radius 3 is 2.78 bits per heavy atom. The molecule has 0 amide bonds. The van der Waals surface area contributed by atoms with Crippen molar-refractivity contribution in [3.8, 4) is 16.5 Å². The van der Waals surface area contributed by atoms with Gasteiger partial charge in [-0.1, -0.05) is 6.42 Å². The average molecular weight is 329 g/mol. The van der Waals surface area contributed by atoms with Crippen molar-refractivity contribution in [1.29, 1.82) is 5.26 Å². The number of nitrogens with zero attached hydrogens (tertiary/aromatic N) is 2. The van der Waals surface area contributed by atoms with Crippen LogP contribution in [0.25, 0.3) is 10.4 Å². The molecule has 0 spiro atoms. The second-order valence-corrected chi connectivity index (χ2v) is 6.98. The molecule has 2 aromatic rings. The van der Waals surface area contributed by atoms with Crippen molar-refractivity contribution < 1.29 is 9.91 Å². The number of pyridine rings is 1. The summed E-state index contributed by atoms with van der Waals surface area (Å²) in [4.78, 5) is 15.3. The number of aromatic amines is 1. The van der Waals surface area contributed by atoms with E-state index in [-0.39, 0.29) is 10.6 Å². The number of nitrogens with two attached hydrogens (primary N) is 1. The zero-order valence-electron chi connectivity index (χ0n) is 12.8. The summed E-state index contributed by atoms with van der Waals surface area (Å²) in [6.45, 7) is 1.73. The number of thiophene rings is 1. The molecule has 3 N–H and O–H groups in total. The minimum atomic E-state index is -0.377. The lowest BCUT2D eigenvalue weighted by Gasteiger charge is -2.11. The van der Waals surface area contributed by atoms with Gasteiger partial charge >= 0.3 is 0 Å². The Hall–Kier alpha value is -2.46. The smallest absolute Gasteiger partial charge is 0.286 e. The monoisotopic (exact) mass is 329 g/mol. The van der Waals surface area contributed by atoms with E-state index < -0.39 is 0 Å². The van der Waals surface area contributed by atoms with Crippen molar-refractivity contribution in [2.45, 2.75) is 39.0 Å². The Labute approximate surface area is 137 Å². The van der Waals surface area contributed by atoms with E-state index >= 15 is 0 Å². The maximum atomic E-state index is 11.1. The topological polar surface area (TPSA) is 107 Å². The second kappa shape index (κ2) is 5.97. The molecule has 6 nitrogen and oxygen atoms in total. The molecule has 1 aliphatic carbocycles. The molecule has 0 atom stereocenters. The van der Waals surface area contributed by atoms with Crippen LogP contribution in [0.5, 0.6) is 0 Å². The summed E-state index contributed by atoms with van der Waals surface area (Å²) >= 11 is 1.35. The normalized spacial score (nSPS) is 13.9. The lowest BCUT2D eigenvalue weighted by molar-refractivity contribution is -0.385. The quantitative estimate of drug-likeness (QED) is 0.518. The van der Waals surface area contributed by atoms with Gasteiger partial charge in [-0.05, 0) is 26.2 Å². The molecule has 0 fully saturated rings. The molecular formula is C16H17N4O2S+. The minimum Gasteiger partial charge on any atom is -0.286 e. The van der Waals surface area contributed by atoms with Crippen LogP contribution in [0.15, 0.2) is 6.07 Å². The van der Waals surface area contributed by atoms with Gasteiger partial charge in [0.1, 0.15) is 17.3 Å². The lowest BCUT2D eigenvalue weighted by Crippen LogP contribution is -2.21. The number of nitro groups is 1. The van der Waals surface area contributed by atoms with Crippen molar-refractivity contribution >= 4 is 22.8 Å². The fourth-order valence-electron chi connectivity index (χ4n) is 3.17. The van der Waals surface area contributed by atoms with E-state index in [9.17, 15) is 15.4 Å². The number of anilines is 1. The van der Waals surface area contributed by atoms with Gasteiger partial charge in [0.15, 0.2) is 0 Å². The minimum absolute atomic E-state index is 0.0997. The predicted molar refractivity (Wildman–Crippen MR) is 88.1 cm³/mol. The summed E-state index contributed by atoms with van der Waals surface area (Å²) < 4.78 is 0. The van der Waals surface area contributed by atoms with Crippen molar-refractivity contribution in [3.05, 3.63) is 37.9 Å². The number of aromatic nitrogens is 1. The van der Waals surface area contributed by atoms with Crippen molar-refractivity contribution in [1.82, 2.24) is 0 Å². The zero-order chi connectivity index (χ0) is 16.6. The first-order valence-corrected chi connectivity index (χ1v) is 8.36. The maximum Gasteiger partial charge on any atom is 0.289 e. The van der Waals surface area contributed by atoms with Gasteiger partial charge in [0.2, 0.25) is 0 Å². The number of H-pyrrole nitrogens is 1. The summed E-state index contributed by atoms with van der Waals surface area (Å²) in [6, 6.07) is 3.74. The molecule has 0 aliphatic heterocycles. The molecule has 23 heavy (non-hydrogen) atoms. The Morgan fingerprint density at radius 2 is 2.13 bits per heavy atom. The summed E-state index contributed by atoms with van der Waals surface area (Å²) in [5, 5.41) is 20.7. The van der Waals surface area contributed by atoms with Crippen LogP contribution in [0.2, 0.25) is 0 Å². The molecule has 7 heteroatoms. The van der Waals surface area contributed by atoms with Gasteiger partial charge in [0, 0.05) is 28.5 Å². The molecule has 3 rings (SSSR count). The third-order valence-corrected chi connectivity index (χ3v) is 5.33. The van der Waals surface area contributed by atoms with Crippen LogP contribution in [-0.4, -0.2) is 4.92 Å². The molecule has 0 saturated carbocycles. The number of fused-ring (bicyclic) bond motifs is 1. The highest BCUT2D eigenvalue weighted by atomic mass is 32.1. The number of aryl methyl sites for hydroxylation is 2. The molecule has 0 aromatic carbocycles. The van der Waals surface area contributed by atoms with Crippen LogP contribution in [0.3, 0.4) is 0 Å². The summed E-state index contributed by atoms with van der Waals surface area (Å²) in [5.41, 5.74) is 9.46. The van der Waals surface area contributed by atoms with Crippen LogP contribution in [0.4, 0.5) is 11.5 Å². The van der Waals surface area contributed by atoms with E-state index in [1.807, 2.05) is 0 Å². The van der Waals surface area contributed by atoms with E-state index in [4.69, 9.17) is 5.73 Å². The van der Waals surface area contributed by atoms with Crippen molar-refractivity contribution in [3.63, 3.8) is 0 Å². The zero-order valence-corrected chi connectivity index (χ0v) is 13.6. The van der Waals surface area contributed by atoms with Gasteiger partial charge in [-0.25, -0.2) is 4.98 Å². The summed E-state index contributed by atoms with van der Waals surface area (Å²) in [6.07, 6.45) is 5.02. The molecule has 2 heterocycles. The van der Waals surface area contributed by atoms with Crippen LogP contribution in [-0.2, 0) is 12.8 Å². The largest absolute Gasteiger partial charge is 0.289 e. The van der Waals surface area contributed by atoms with E-state index in [0.717, 1.165) is 53.8 Å². The Kier molecular flexibility index (Phi) is 4.01. The molecule has 0 bridgehead atoms. The number of nitriles is 1. The highest BCUT2D eigenvalue weighted by Crippen LogP contribution is 2.41. The third kappa shape index (κ3) is 2.66. The van der Waals surface area contributed by atoms with Crippen LogP contribution in [0.1, 0.15) is 41.0 Å². The maximum absolute atomic E-state index is 11.1. The summed E-state index contributed by atoms with van der Waals surface area (Å²) in [5.74, 6) is 0.344. The third-order valence-electron chi connectivity index (χ3n) is 4.27. The summed E-state index contributed by atoms with van der Waals surface area (Å²) in [7, 11) is 0. The van der Waals surface area contributed by atoms with Gasteiger partial charge in [-0.3, -0.25) is 15.8 Å². The Morgan fingerprint density at radius 1 is 1.39 bits per heavy atom. The van der Waals surface area contributed by atoms with Gasteiger partial charge in [-0.2, -0.15) is 5.26 Å². The van der Waals surface area contributed by atoms with Crippen LogP contribution >= 0.6 is 11.3 Å². The van der Waals surface area contributed by atoms with Crippen molar-refractivity contribution in [2.24, 2.45) is 0 Å². The number of hydrogen-bond donors (Lipinski definition) is 1. The molecular weight excluding hydrogens is 312 g/mol. The molecule has 0 radical (unpaired) electrons. The highest BCUT2D eigenvalue weighted by molar-refractivity contribution is 7.16. The van der Waals surface area contributed by atoms with Gasteiger partial charge < -0.3 is 0 Å². The molecule has 118 valence electrons. The number of hydrogen-bond acceptors (Lipinski definition) is 5.